The van der Waals surface area contributed by atoms with Crippen molar-refractivity contribution in [1.82, 2.24) is 0 Å². The third kappa shape index (κ3) is 3.33. The van der Waals surface area contributed by atoms with Gasteiger partial charge in [-0.3, -0.25) is 0 Å². The van der Waals surface area contributed by atoms with Gasteiger partial charge in [-0.15, -0.1) is 0 Å². The molecule has 1 aromatic carbocycles. The summed E-state index contributed by atoms with van der Waals surface area (Å²) in [6, 6.07) is 3.24. The Labute approximate surface area is 135 Å². The van der Waals surface area contributed by atoms with Crippen LogP contribution in [0.25, 0.3) is 0 Å². The summed E-state index contributed by atoms with van der Waals surface area (Å²) in [5, 5.41) is 0. The molecule has 1 aliphatic rings. The van der Waals surface area contributed by atoms with Crippen LogP contribution >= 0.6 is 28.1 Å². The number of esters is 1. The molecule has 1 atom stereocenters. The number of morpholine rings is 1. The summed E-state index contributed by atoms with van der Waals surface area (Å²) in [6.45, 7) is 1.01. The summed E-state index contributed by atoms with van der Waals surface area (Å²) < 4.78 is 24.6. The Balaban J connectivity index is 2.28. The molecule has 2 N–H and O–H groups in total. The van der Waals surface area contributed by atoms with E-state index in [0.717, 1.165) is 0 Å². The number of carbonyl (C=O) groups is 1. The Hall–Kier alpha value is -1.25. The first-order chi connectivity index (χ1) is 9.95. The Kier molecular flexibility index (Phi) is 5.13. The molecule has 1 aliphatic heterocycles. The van der Waals surface area contributed by atoms with E-state index in [1.807, 2.05) is 0 Å². The van der Waals surface area contributed by atoms with Crippen LogP contribution < -0.4 is 10.6 Å². The minimum absolute atomic E-state index is 0.113. The van der Waals surface area contributed by atoms with Gasteiger partial charge < -0.3 is 20.1 Å². The second kappa shape index (κ2) is 6.67. The van der Waals surface area contributed by atoms with E-state index in [4.69, 9.17) is 22.7 Å². The van der Waals surface area contributed by atoms with Gasteiger partial charge in [0.15, 0.2) is 11.9 Å². The predicted molar refractivity (Wildman–Crippen MR) is 84.0 cm³/mol. The molecule has 0 aromatic heterocycles. The molecular formula is C13H14BrFN2O3S. The van der Waals surface area contributed by atoms with Gasteiger partial charge in [-0.25, -0.2) is 9.18 Å². The quantitative estimate of drug-likeness (QED) is 0.638. The number of rotatable bonds is 3. The number of thiocarbonyl (C=S) groups is 1. The van der Waals surface area contributed by atoms with Crippen molar-refractivity contribution in [3.63, 3.8) is 0 Å². The first kappa shape index (κ1) is 16.1. The van der Waals surface area contributed by atoms with E-state index in [0.29, 0.717) is 24.4 Å². The lowest BCUT2D eigenvalue weighted by molar-refractivity contribution is -0.154. The van der Waals surface area contributed by atoms with Crippen LogP contribution in [-0.2, 0) is 14.3 Å². The SMILES string of the molecule is COC(=O)C1CN(c2ccc(C(N)=S)c(Br)c2F)CCO1. The van der Waals surface area contributed by atoms with Gasteiger partial charge in [0.05, 0.1) is 30.4 Å². The fourth-order valence-corrected chi connectivity index (χ4v) is 2.97. The number of carbonyl (C=O) groups excluding carboxylic acids is 1. The van der Waals surface area contributed by atoms with Crippen LogP contribution in [-0.4, -0.2) is 43.9 Å². The van der Waals surface area contributed by atoms with Crippen LogP contribution in [0.15, 0.2) is 16.6 Å². The minimum Gasteiger partial charge on any atom is -0.467 e. The molecule has 0 aliphatic carbocycles. The number of hydrogen-bond donors (Lipinski definition) is 1. The van der Waals surface area contributed by atoms with Gasteiger partial charge >= 0.3 is 5.97 Å². The van der Waals surface area contributed by atoms with Gasteiger partial charge in [0.2, 0.25) is 0 Å². The molecule has 1 fully saturated rings. The topological polar surface area (TPSA) is 64.8 Å². The molecule has 0 bridgehead atoms. The molecule has 114 valence electrons. The van der Waals surface area contributed by atoms with E-state index in [9.17, 15) is 9.18 Å². The van der Waals surface area contributed by atoms with Crippen LogP contribution in [0, 0.1) is 5.82 Å². The van der Waals surface area contributed by atoms with Crippen LogP contribution in [0.4, 0.5) is 10.1 Å². The lowest BCUT2D eigenvalue weighted by atomic mass is 10.1. The summed E-state index contributed by atoms with van der Waals surface area (Å²) in [5.41, 5.74) is 6.33. The van der Waals surface area contributed by atoms with Crippen molar-refractivity contribution in [2.45, 2.75) is 6.10 Å². The van der Waals surface area contributed by atoms with Crippen molar-refractivity contribution in [2.24, 2.45) is 5.73 Å². The highest BCUT2D eigenvalue weighted by atomic mass is 79.9. The number of halogens is 2. The van der Waals surface area contributed by atoms with Crippen LogP contribution in [0.3, 0.4) is 0 Å². The highest BCUT2D eigenvalue weighted by Gasteiger charge is 2.29. The smallest absolute Gasteiger partial charge is 0.336 e. The second-order valence-corrected chi connectivity index (χ2v) is 5.69. The van der Waals surface area contributed by atoms with Crippen LogP contribution in [0.1, 0.15) is 5.56 Å². The zero-order chi connectivity index (χ0) is 15.6. The Morgan fingerprint density at radius 3 is 2.95 bits per heavy atom. The molecule has 1 saturated heterocycles. The zero-order valence-electron chi connectivity index (χ0n) is 11.3. The van der Waals surface area contributed by atoms with Crippen molar-refractivity contribution in [3.05, 3.63) is 28.0 Å². The largest absolute Gasteiger partial charge is 0.467 e. The average Bonchev–Trinajstić information content (AvgIpc) is 2.48. The number of anilines is 1. The monoisotopic (exact) mass is 376 g/mol. The third-order valence-electron chi connectivity index (χ3n) is 3.20. The van der Waals surface area contributed by atoms with Gasteiger partial charge in [0, 0.05) is 12.1 Å². The molecule has 1 aromatic rings. The normalized spacial score (nSPS) is 18.4. The Bertz CT molecular complexity index is 585. The number of hydrogen-bond acceptors (Lipinski definition) is 5. The third-order valence-corrected chi connectivity index (χ3v) is 4.19. The van der Waals surface area contributed by atoms with Gasteiger partial charge in [-0.1, -0.05) is 12.2 Å². The summed E-state index contributed by atoms with van der Waals surface area (Å²) >= 11 is 8.03. The molecule has 8 heteroatoms. The standard InChI is InChI=1S/C13H14BrFN2O3S/c1-19-13(18)9-6-17(4-5-20-9)8-3-2-7(12(16)21)10(14)11(8)15/h2-3,9H,4-6H2,1H3,(H2,16,21). The number of benzene rings is 1. The summed E-state index contributed by atoms with van der Waals surface area (Å²) in [7, 11) is 1.29. The minimum atomic E-state index is -0.725. The molecule has 0 saturated carbocycles. The fraction of sp³-hybridized carbons (Fsp3) is 0.385. The molecule has 2 rings (SSSR count). The van der Waals surface area contributed by atoms with Gasteiger partial charge in [0.25, 0.3) is 0 Å². The first-order valence-electron chi connectivity index (χ1n) is 6.18. The number of nitrogens with two attached hydrogens (primary N) is 1. The van der Waals surface area contributed by atoms with E-state index < -0.39 is 17.9 Å². The number of methoxy groups -OCH3 is 1. The van der Waals surface area contributed by atoms with Gasteiger partial charge in [-0.2, -0.15) is 0 Å². The van der Waals surface area contributed by atoms with E-state index >= 15 is 0 Å². The molecule has 21 heavy (non-hydrogen) atoms. The lowest BCUT2D eigenvalue weighted by Crippen LogP contribution is -2.47. The summed E-state index contributed by atoms with van der Waals surface area (Å²) in [6.07, 6.45) is -0.725. The number of nitrogens with zero attached hydrogens (tertiary/aromatic N) is 1. The first-order valence-corrected chi connectivity index (χ1v) is 7.38. The second-order valence-electron chi connectivity index (χ2n) is 4.45. The van der Waals surface area contributed by atoms with Gasteiger partial charge in [0.1, 0.15) is 4.99 Å². The maximum absolute atomic E-state index is 14.5. The average molecular weight is 377 g/mol. The van der Waals surface area contributed by atoms with E-state index in [-0.39, 0.29) is 16.0 Å². The van der Waals surface area contributed by atoms with E-state index in [2.05, 4.69) is 20.7 Å². The van der Waals surface area contributed by atoms with E-state index in [1.54, 1.807) is 17.0 Å². The lowest BCUT2D eigenvalue weighted by Gasteiger charge is -2.33. The Morgan fingerprint density at radius 1 is 1.62 bits per heavy atom. The highest BCUT2D eigenvalue weighted by molar-refractivity contribution is 9.10. The predicted octanol–water partition coefficient (Wildman–Crippen LogP) is 1.60. The molecular weight excluding hydrogens is 363 g/mol. The van der Waals surface area contributed by atoms with Crippen molar-refractivity contribution < 1.29 is 18.7 Å². The maximum atomic E-state index is 14.5. The van der Waals surface area contributed by atoms with Crippen molar-refractivity contribution >= 4 is 44.8 Å². The van der Waals surface area contributed by atoms with Crippen LogP contribution in [0.5, 0.6) is 0 Å². The maximum Gasteiger partial charge on any atom is 0.336 e. The van der Waals surface area contributed by atoms with Crippen LogP contribution in [0.2, 0.25) is 0 Å². The molecule has 0 radical (unpaired) electrons. The molecule has 5 nitrogen and oxygen atoms in total. The highest BCUT2D eigenvalue weighted by Crippen LogP contribution is 2.30. The molecule has 0 amide bonds. The zero-order valence-corrected chi connectivity index (χ0v) is 13.7. The molecule has 0 spiro atoms. The van der Waals surface area contributed by atoms with Crippen molar-refractivity contribution in [1.29, 1.82) is 0 Å². The fourth-order valence-electron chi connectivity index (χ4n) is 2.12. The summed E-state index contributed by atoms with van der Waals surface area (Å²) in [5.74, 6) is -0.940. The van der Waals surface area contributed by atoms with E-state index in [1.165, 1.54) is 7.11 Å². The summed E-state index contributed by atoms with van der Waals surface area (Å²) in [4.78, 5) is 13.4. The number of ether oxygens (including phenoxy) is 2. The van der Waals surface area contributed by atoms with Crippen molar-refractivity contribution in [2.75, 3.05) is 31.7 Å². The Morgan fingerprint density at radius 2 is 2.33 bits per heavy atom. The van der Waals surface area contributed by atoms with Crippen molar-refractivity contribution in [3.8, 4) is 0 Å². The van der Waals surface area contributed by atoms with Gasteiger partial charge in [-0.05, 0) is 28.1 Å². The molecule has 1 heterocycles. The molecule has 1 unspecified atom stereocenters.